The van der Waals surface area contributed by atoms with E-state index in [9.17, 15) is 19.2 Å². The van der Waals surface area contributed by atoms with Gasteiger partial charge < -0.3 is 29.9 Å². The molecule has 3 rings (SSSR count). The molecule has 3 aliphatic rings. The minimum atomic E-state index is -0.447. The zero-order valence-corrected chi connectivity index (χ0v) is 31.0. The molecule has 0 radical (unpaired) electrons. The van der Waals surface area contributed by atoms with Crippen molar-refractivity contribution < 1.29 is 28.7 Å². The summed E-state index contributed by atoms with van der Waals surface area (Å²) in [5, 5.41) is 6.00. The first kappa shape index (κ1) is 39.9. The molecule has 2 atom stereocenters. The van der Waals surface area contributed by atoms with Crippen molar-refractivity contribution in [3.05, 3.63) is 0 Å². The SMILES string of the molecule is CN(CCCOC(=O)CC1CC(C)(C)CC(C)(CNC(=O)OCCCN(C)C(=O)NCC2CCCCC2)C1)C(=O)CCC1CCCCC1. The van der Waals surface area contributed by atoms with Gasteiger partial charge in [0.2, 0.25) is 5.91 Å². The molecule has 10 nitrogen and oxygen atoms in total. The summed E-state index contributed by atoms with van der Waals surface area (Å²) in [6.07, 6.45) is 18.1. The summed E-state index contributed by atoms with van der Waals surface area (Å²) < 4.78 is 11.0. The van der Waals surface area contributed by atoms with Crippen LogP contribution in [-0.4, -0.2) is 87.3 Å². The van der Waals surface area contributed by atoms with E-state index in [0.29, 0.717) is 63.8 Å². The topological polar surface area (TPSA) is 117 Å². The Morgan fingerprint density at radius 2 is 1.33 bits per heavy atom. The monoisotopic (exact) mass is 677 g/mol. The standard InChI is InChI=1S/C38H68N4O6/c1-37(2)25-32(24-34(44)47-22-12-20-41(4)33(43)19-18-30-14-8-6-9-15-30)26-38(3,28-37)29-40-36(46)48-23-13-21-42(5)35(45)39-27-31-16-10-7-11-17-31/h30-32H,6-29H2,1-5H3,(H,39,45)(H,40,46). The van der Waals surface area contributed by atoms with Crippen LogP contribution in [0.3, 0.4) is 0 Å². The summed E-state index contributed by atoms with van der Waals surface area (Å²) in [6, 6.07) is -0.0735. The number of esters is 1. The van der Waals surface area contributed by atoms with Crippen LogP contribution in [0.4, 0.5) is 9.59 Å². The van der Waals surface area contributed by atoms with Crippen LogP contribution >= 0.6 is 0 Å². The maximum atomic E-state index is 12.8. The molecule has 3 aliphatic carbocycles. The van der Waals surface area contributed by atoms with Gasteiger partial charge in [0.1, 0.15) is 0 Å². The number of nitrogens with zero attached hydrogens (tertiary/aromatic N) is 2. The molecule has 3 fully saturated rings. The molecule has 0 spiro atoms. The molecule has 0 saturated heterocycles. The van der Waals surface area contributed by atoms with Crippen LogP contribution in [0.1, 0.15) is 136 Å². The van der Waals surface area contributed by atoms with Gasteiger partial charge in [-0.25, -0.2) is 9.59 Å². The average molecular weight is 677 g/mol. The van der Waals surface area contributed by atoms with Crippen molar-refractivity contribution in [1.82, 2.24) is 20.4 Å². The summed E-state index contributed by atoms with van der Waals surface area (Å²) >= 11 is 0. The fourth-order valence-electron chi connectivity index (χ4n) is 8.69. The van der Waals surface area contributed by atoms with Crippen LogP contribution in [0.5, 0.6) is 0 Å². The summed E-state index contributed by atoms with van der Waals surface area (Å²) in [7, 11) is 3.62. The number of carbonyl (C=O) groups is 4. The molecule has 0 bridgehead atoms. The molecule has 4 amide bonds. The molecule has 276 valence electrons. The van der Waals surface area contributed by atoms with Crippen LogP contribution in [-0.2, 0) is 19.1 Å². The minimum absolute atomic E-state index is 0.0341. The Labute approximate surface area is 291 Å². The molecular formula is C38H68N4O6. The Morgan fingerprint density at radius 3 is 2.00 bits per heavy atom. The molecule has 10 heteroatoms. The molecule has 0 aromatic heterocycles. The fourth-order valence-corrected chi connectivity index (χ4v) is 8.69. The summed E-state index contributed by atoms with van der Waals surface area (Å²) in [5.41, 5.74) is -0.130. The number of ether oxygens (including phenoxy) is 2. The normalized spacial score (nSPS) is 23.1. The highest BCUT2D eigenvalue weighted by molar-refractivity contribution is 5.75. The molecule has 2 unspecified atom stereocenters. The number of urea groups is 1. The van der Waals surface area contributed by atoms with E-state index in [1.54, 1.807) is 16.8 Å². The number of amides is 4. The van der Waals surface area contributed by atoms with Crippen LogP contribution in [0.25, 0.3) is 0 Å². The van der Waals surface area contributed by atoms with Gasteiger partial charge in [0.05, 0.1) is 13.2 Å². The Morgan fingerprint density at radius 1 is 0.729 bits per heavy atom. The van der Waals surface area contributed by atoms with Gasteiger partial charge in [0.25, 0.3) is 0 Å². The van der Waals surface area contributed by atoms with Gasteiger partial charge in [-0.2, -0.15) is 0 Å². The predicted octanol–water partition coefficient (Wildman–Crippen LogP) is 7.30. The highest BCUT2D eigenvalue weighted by Gasteiger charge is 2.42. The second-order valence-corrected chi connectivity index (χ2v) is 16.5. The maximum absolute atomic E-state index is 12.8. The van der Waals surface area contributed by atoms with Crippen LogP contribution in [0.2, 0.25) is 0 Å². The lowest BCUT2D eigenvalue weighted by Gasteiger charge is -2.46. The van der Waals surface area contributed by atoms with Crippen LogP contribution in [0, 0.1) is 28.6 Å². The molecule has 0 aromatic carbocycles. The molecular weight excluding hydrogens is 608 g/mol. The average Bonchev–Trinajstić information content (AvgIpc) is 3.05. The number of nitrogens with one attached hydrogen (secondary N) is 2. The van der Waals surface area contributed by atoms with Crippen molar-refractivity contribution in [3.63, 3.8) is 0 Å². The van der Waals surface area contributed by atoms with Gasteiger partial charge in [-0.3, -0.25) is 9.59 Å². The van der Waals surface area contributed by atoms with Crippen LogP contribution < -0.4 is 10.6 Å². The number of hydrogen-bond donors (Lipinski definition) is 2. The highest BCUT2D eigenvalue weighted by atomic mass is 16.5. The van der Waals surface area contributed by atoms with Crippen LogP contribution in [0.15, 0.2) is 0 Å². The lowest BCUT2D eigenvalue weighted by atomic mass is 9.60. The number of hydrogen-bond acceptors (Lipinski definition) is 6. The second-order valence-electron chi connectivity index (χ2n) is 16.5. The van der Waals surface area contributed by atoms with E-state index in [1.807, 2.05) is 7.05 Å². The van der Waals surface area contributed by atoms with Crippen molar-refractivity contribution in [2.24, 2.45) is 28.6 Å². The van der Waals surface area contributed by atoms with Crippen molar-refractivity contribution >= 4 is 24.0 Å². The van der Waals surface area contributed by atoms with E-state index >= 15 is 0 Å². The van der Waals surface area contributed by atoms with Gasteiger partial charge >= 0.3 is 18.1 Å². The predicted molar refractivity (Wildman–Crippen MR) is 189 cm³/mol. The van der Waals surface area contributed by atoms with Gasteiger partial charge in [-0.1, -0.05) is 72.1 Å². The molecule has 0 aliphatic heterocycles. The first-order valence-electron chi connectivity index (χ1n) is 19.1. The smallest absolute Gasteiger partial charge is 0.407 e. The van der Waals surface area contributed by atoms with E-state index in [1.165, 1.54) is 64.2 Å². The molecule has 3 saturated carbocycles. The highest BCUT2D eigenvalue weighted by Crippen LogP contribution is 2.49. The van der Waals surface area contributed by atoms with E-state index in [0.717, 1.165) is 32.2 Å². The summed E-state index contributed by atoms with van der Waals surface area (Å²) in [4.78, 5) is 53.7. The molecule has 48 heavy (non-hydrogen) atoms. The van der Waals surface area contributed by atoms with E-state index in [4.69, 9.17) is 9.47 Å². The first-order chi connectivity index (χ1) is 22.8. The van der Waals surface area contributed by atoms with Gasteiger partial charge in [-0.05, 0) is 80.0 Å². The number of carbonyl (C=O) groups excluding carboxylic acids is 4. The Hall–Kier alpha value is -2.52. The summed E-state index contributed by atoms with van der Waals surface area (Å²) in [6.45, 7) is 9.52. The second kappa shape index (κ2) is 20.2. The third-order valence-electron chi connectivity index (χ3n) is 10.9. The Bertz CT molecular complexity index is 1010. The third-order valence-corrected chi connectivity index (χ3v) is 10.9. The van der Waals surface area contributed by atoms with E-state index in [-0.39, 0.29) is 41.3 Å². The third kappa shape index (κ3) is 15.4. The zero-order chi connectivity index (χ0) is 35.0. The van der Waals surface area contributed by atoms with Gasteiger partial charge in [0, 0.05) is 53.1 Å². The molecule has 2 N–H and O–H groups in total. The largest absolute Gasteiger partial charge is 0.466 e. The van der Waals surface area contributed by atoms with Gasteiger partial charge in [0.15, 0.2) is 0 Å². The van der Waals surface area contributed by atoms with Gasteiger partial charge in [-0.15, -0.1) is 0 Å². The number of alkyl carbamates (subject to hydrolysis) is 1. The minimum Gasteiger partial charge on any atom is -0.466 e. The van der Waals surface area contributed by atoms with Crippen molar-refractivity contribution in [1.29, 1.82) is 0 Å². The van der Waals surface area contributed by atoms with Crippen molar-refractivity contribution in [2.75, 3.05) is 53.5 Å². The summed E-state index contributed by atoms with van der Waals surface area (Å²) in [5.74, 6) is 1.46. The first-order valence-corrected chi connectivity index (χ1v) is 19.1. The molecule has 0 aromatic rings. The van der Waals surface area contributed by atoms with E-state index < -0.39 is 6.09 Å². The molecule has 0 heterocycles. The maximum Gasteiger partial charge on any atom is 0.407 e. The quantitative estimate of drug-likeness (QED) is 0.123. The van der Waals surface area contributed by atoms with E-state index in [2.05, 4.69) is 31.4 Å². The zero-order valence-electron chi connectivity index (χ0n) is 31.0. The lowest BCUT2D eigenvalue weighted by Crippen LogP contribution is -2.44. The van der Waals surface area contributed by atoms with Crippen molar-refractivity contribution in [2.45, 2.75) is 136 Å². The fraction of sp³-hybridized carbons (Fsp3) is 0.895. The Kier molecular flexibility index (Phi) is 16.8. The lowest BCUT2D eigenvalue weighted by molar-refractivity contribution is -0.146. The van der Waals surface area contributed by atoms with Crippen molar-refractivity contribution in [3.8, 4) is 0 Å². The Balaban J connectivity index is 1.28. The number of rotatable bonds is 17.